The van der Waals surface area contributed by atoms with E-state index in [2.05, 4.69) is 27.4 Å². The highest BCUT2D eigenvalue weighted by atomic mass is 32.1. The number of nitrogens with one attached hydrogen (secondary N) is 1. The Balaban J connectivity index is 1.42. The first-order valence-electron chi connectivity index (χ1n) is 9.38. The molecule has 0 spiro atoms. The van der Waals surface area contributed by atoms with Crippen LogP contribution >= 0.6 is 11.3 Å². The number of aryl methyl sites for hydroxylation is 1. The summed E-state index contributed by atoms with van der Waals surface area (Å²) in [5, 5.41) is 2.09. The number of piperidine rings is 2. The number of hydrogen-bond acceptors (Lipinski definition) is 3. The lowest BCUT2D eigenvalue weighted by Crippen LogP contribution is -2.57. The number of rotatable bonds is 4. The number of thiophene rings is 1. The van der Waals surface area contributed by atoms with E-state index in [1.54, 1.807) is 11.3 Å². The molecule has 2 aliphatic rings. The molecule has 138 valence electrons. The summed E-state index contributed by atoms with van der Waals surface area (Å²) in [5.74, 6) is 0.793. The maximum atomic E-state index is 12.8. The van der Waals surface area contributed by atoms with Crippen molar-refractivity contribution >= 4 is 23.2 Å². The number of likely N-dealkylation sites (tertiary alicyclic amines) is 2. The van der Waals surface area contributed by atoms with Gasteiger partial charge in [-0.3, -0.25) is 9.59 Å². The molecule has 26 heavy (non-hydrogen) atoms. The number of hydrogen-bond donors (Lipinski definition) is 1. The van der Waals surface area contributed by atoms with Gasteiger partial charge in [-0.1, -0.05) is 6.07 Å². The summed E-state index contributed by atoms with van der Waals surface area (Å²) in [7, 11) is 0. The predicted molar refractivity (Wildman–Crippen MR) is 102 cm³/mol. The highest BCUT2D eigenvalue weighted by molar-refractivity contribution is 7.09. The van der Waals surface area contributed by atoms with Gasteiger partial charge in [0, 0.05) is 48.9 Å². The molecule has 4 heterocycles. The van der Waals surface area contributed by atoms with Crippen LogP contribution in [-0.2, 0) is 11.2 Å². The van der Waals surface area contributed by atoms with Crippen molar-refractivity contribution in [1.29, 1.82) is 0 Å². The number of aromatic amines is 1. The zero-order valence-electron chi connectivity index (χ0n) is 15.1. The van der Waals surface area contributed by atoms with E-state index in [1.165, 1.54) is 4.88 Å². The molecule has 2 atom stereocenters. The van der Waals surface area contributed by atoms with Crippen LogP contribution in [0, 0.1) is 12.8 Å². The molecular weight excluding hydrogens is 346 g/mol. The van der Waals surface area contributed by atoms with Crippen molar-refractivity contribution in [3.63, 3.8) is 0 Å². The van der Waals surface area contributed by atoms with Crippen molar-refractivity contribution in [2.24, 2.45) is 5.92 Å². The van der Waals surface area contributed by atoms with E-state index in [0.717, 1.165) is 50.2 Å². The second-order valence-corrected chi connectivity index (χ2v) is 8.37. The van der Waals surface area contributed by atoms with E-state index in [1.807, 2.05) is 24.1 Å². The summed E-state index contributed by atoms with van der Waals surface area (Å²) in [4.78, 5) is 33.8. The fraction of sp³-hybridized carbons (Fsp3) is 0.500. The lowest BCUT2D eigenvalue weighted by atomic mass is 9.83. The van der Waals surface area contributed by atoms with Crippen LogP contribution in [0.1, 0.15) is 40.2 Å². The third kappa shape index (κ3) is 3.30. The van der Waals surface area contributed by atoms with Gasteiger partial charge in [0.05, 0.1) is 5.56 Å². The zero-order valence-corrected chi connectivity index (χ0v) is 15.9. The second-order valence-electron chi connectivity index (χ2n) is 7.34. The zero-order chi connectivity index (χ0) is 18.1. The molecule has 0 aliphatic carbocycles. The molecule has 1 N–H and O–H groups in total. The van der Waals surface area contributed by atoms with Crippen LogP contribution in [0.4, 0.5) is 0 Å². The molecule has 2 amide bonds. The first-order valence-corrected chi connectivity index (χ1v) is 10.3. The number of H-pyrrole nitrogens is 1. The monoisotopic (exact) mass is 371 g/mol. The first kappa shape index (κ1) is 17.3. The normalized spacial score (nSPS) is 23.2. The van der Waals surface area contributed by atoms with Gasteiger partial charge in [-0.2, -0.15) is 0 Å². The van der Waals surface area contributed by atoms with Gasteiger partial charge in [0.15, 0.2) is 0 Å². The number of amides is 2. The fourth-order valence-electron chi connectivity index (χ4n) is 4.37. The highest BCUT2D eigenvalue weighted by Crippen LogP contribution is 2.32. The van der Waals surface area contributed by atoms with Crippen molar-refractivity contribution in [3.8, 4) is 0 Å². The Labute approximate surface area is 158 Å². The van der Waals surface area contributed by atoms with Gasteiger partial charge >= 0.3 is 0 Å². The third-order valence-electron chi connectivity index (χ3n) is 5.79. The van der Waals surface area contributed by atoms with Gasteiger partial charge < -0.3 is 14.8 Å². The van der Waals surface area contributed by atoms with Crippen molar-refractivity contribution in [2.45, 2.75) is 38.6 Å². The Bertz CT molecular complexity index is 783. The minimum Gasteiger partial charge on any atom is -0.365 e. The molecule has 6 heteroatoms. The average molecular weight is 372 g/mol. The van der Waals surface area contributed by atoms with E-state index in [0.29, 0.717) is 12.3 Å². The lowest BCUT2D eigenvalue weighted by Gasteiger charge is -2.47. The highest BCUT2D eigenvalue weighted by Gasteiger charge is 2.40. The standard InChI is InChI=1S/C20H25N3O2S/c1-14-17(6-9-21-14)20(25)22-10-8-18-15(13-22)4-5-19(24)23(18)11-7-16-3-2-12-26-16/h2-3,6,9,12,15,18,21H,4-5,7-8,10-11,13H2,1H3/t15-,18+/m0/s1. The van der Waals surface area contributed by atoms with Gasteiger partial charge in [0.2, 0.25) is 5.91 Å². The van der Waals surface area contributed by atoms with Gasteiger partial charge in [0.25, 0.3) is 5.91 Å². The van der Waals surface area contributed by atoms with Crippen LogP contribution in [0.15, 0.2) is 29.8 Å². The van der Waals surface area contributed by atoms with Crippen LogP contribution < -0.4 is 0 Å². The molecule has 2 fully saturated rings. The topological polar surface area (TPSA) is 56.4 Å². The Morgan fingerprint density at radius 1 is 1.35 bits per heavy atom. The van der Waals surface area contributed by atoms with Crippen LogP contribution in [-0.4, -0.2) is 52.3 Å². The van der Waals surface area contributed by atoms with Gasteiger partial charge in [-0.15, -0.1) is 11.3 Å². The summed E-state index contributed by atoms with van der Waals surface area (Å²) in [6, 6.07) is 6.35. The summed E-state index contributed by atoms with van der Waals surface area (Å²) in [5.41, 5.74) is 1.69. The third-order valence-corrected chi connectivity index (χ3v) is 6.73. The van der Waals surface area contributed by atoms with Crippen molar-refractivity contribution < 1.29 is 9.59 Å². The summed E-state index contributed by atoms with van der Waals surface area (Å²) in [6.07, 6.45) is 5.14. The smallest absolute Gasteiger partial charge is 0.255 e. The average Bonchev–Trinajstić information content (AvgIpc) is 3.31. The molecule has 4 rings (SSSR count). The number of carbonyl (C=O) groups excluding carboxylic acids is 2. The van der Waals surface area contributed by atoms with Crippen LogP contribution in [0.2, 0.25) is 0 Å². The van der Waals surface area contributed by atoms with E-state index < -0.39 is 0 Å². The van der Waals surface area contributed by atoms with E-state index in [4.69, 9.17) is 0 Å². The van der Waals surface area contributed by atoms with Crippen molar-refractivity contribution in [1.82, 2.24) is 14.8 Å². The van der Waals surface area contributed by atoms with Gasteiger partial charge in [-0.05, 0) is 49.6 Å². The molecule has 2 aromatic rings. The first-order chi connectivity index (χ1) is 12.6. The molecule has 0 bridgehead atoms. The minimum atomic E-state index is 0.115. The Morgan fingerprint density at radius 2 is 2.23 bits per heavy atom. The molecule has 5 nitrogen and oxygen atoms in total. The summed E-state index contributed by atoms with van der Waals surface area (Å²) < 4.78 is 0. The Hall–Kier alpha value is -2.08. The van der Waals surface area contributed by atoms with Gasteiger partial charge in [0.1, 0.15) is 0 Å². The fourth-order valence-corrected chi connectivity index (χ4v) is 5.06. The maximum absolute atomic E-state index is 12.8. The summed E-state index contributed by atoms with van der Waals surface area (Å²) in [6.45, 7) is 4.22. The largest absolute Gasteiger partial charge is 0.365 e. The number of fused-ring (bicyclic) bond motifs is 1. The molecule has 2 aliphatic heterocycles. The quantitative estimate of drug-likeness (QED) is 0.898. The molecule has 0 saturated carbocycles. The summed E-state index contributed by atoms with van der Waals surface area (Å²) >= 11 is 1.75. The molecule has 0 unspecified atom stereocenters. The maximum Gasteiger partial charge on any atom is 0.255 e. The van der Waals surface area contributed by atoms with Crippen LogP contribution in [0.5, 0.6) is 0 Å². The van der Waals surface area contributed by atoms with Crippen LogP contribution in [0.3, 0.4) is 0 Å². The Kier molecular flexibility index (Phi) is 4.85. The van der Waals surface area contributed by atoms with Gasteiger partial charge in [-0.25, -0.2) is 0 Å². The molecule has 0 aromatic carbocycles. The van der Waals surface area contributed by atoms with E-state index in [9.17, 15) is 9.59 Å². The molecular formula is C20H25N3O2S. The lowest BCUT2D eigenvalue weighted by molar-refractivity contribution is -0.140. The molecule has 0 radical (unpaired) electrons. The van der Waals surface area contributed by atoms with Crippen molar-refractivity contribution in [3.05, 3.63) is 45.9 Å². The number of nitrogens with zero attached hydrogens (tertiary/aromatic N) is 2. The number of carbonyl (C=O) groups is 2. The Morgan fingerprint density at radius 3 is 2.96 bits per heavy atom. The van der Waals surface area contributed by atoms with Crippen LogP contribution in [0.25, 0.3) is 0 Å². The van der Waals surface area contributed by atoms with E-state index >= 15 is 0 Å². The molecule has 2 aromatic heterocycles. The minimum absolute atomic E-state index is 0.115. The SMILES string of the molecule is Cc1[nH]ccc1C(=O)N1CC[C@@H]2[C@@H](CCC(=O)N2CCc2cccs2)C1. The second kappa shape index (κ2) is 7.27. The predicted octanol–water partition coefficient (Wildman–Crippen LogP) is 3.08. The number of aromatic nitrogens is 1. The van der Waals surface area contributed by atoms with Crippen molar-refractivity contribution in [2.75, 3.05) is 19.6 Å². The molecule has 2 saturated heterocycles. The van der Waals surface area contributed by atoms with E-state index in [-0.39, 0.29) is 17.9 Å².